The molecule has 112 valence electrons. The van der Waals surface area contributed by atoms with E-state index in [2.05, 4.69) is 15.6 Å². The molecule has 0 unspecified atom stereocenters. The predicted molar refractivity (Wildman–Crippen MR) is 57.3 cm³/mol. The van der Waals surface area contributed by atoms with Crippen LogP contribution in [0, 0.1) is 6.92 Å². The summed E-state index contributed by atoms with van der Waals surface area (Å²) in [7, 11) is 0. The number of alkyl halides is 3. The summed E-state index contributed by atoms with van der Waals surface area (Å²) in [6.07, 6.45) is -5.08. The van der Waals surface area contributed by atoms with Crippen molar-refractivity contribution in [3.05, 3.63) is 11.4 Å². The summed E-state index contributed by atoms with van der Waals surface area (Å²) in [4.78, 5) is 19.5. The number of aromatic carboxylic acids is 1. The van der Waals surface area contributed by atoms with Crippen molar-refractivity contribution in [3.8, 4) is 0 Å². The third-order valence-electron chi connectivity index (χ3n) is 2.48. The van der Waals surface area contributed by atoms with Gasteiger partial charge in [0.1, 0.15) is 0 Å². The van der Waals surface area contributed by atoms with Gasteiger partial charge in [-0.3, -0.25) is 0 Å². The molecule has 0 atom stereocenters. The molecule has 0 aliphatic carbocycles. The lowest BCUT2D eigenvalue weighted by atomic mass is 10.2. The van der Waals surface area contributed by atoms with Gasteiger partial charge in [-0.05, 0) is 6.92 Å². The lowest BCUT2D eigenvalue weighted by Crippen LogP contribution is -2.44. The molecule has 0 amide bonds. The molecule has 0 bridgehead atoms. The molecule has 11 heteroatoms. The molecule has 2 rings (SSSR count). The van der Waals surface area contributed by atoms with E-state index in [0.29, 0.717) is 5.69 Å². The van der Waals surface area contributed by atoms with Gasteiger partial charge in [-0.1, -0.05) is 5.21 Å². The number of halogens is 3. The van der Waals surface area contributed by atoms with Gasteiger partial charge in [-0.25, -0.2) is 14.3 Å². The average molecular weight is 296 g/mol. The first kappa shape index (κ1) is 15.9. The summed E-state index contributed by atoms with van der Waals surface area (Å²) >= 11 is 0. The minimum Gasteiger partial charge on any atom is -0.476 e. The summed E-state index contributed by atoms with van der Waals surface area (Å²) in [5.41, 5.74) is 0.672. The topological polar surface area (TPSA) is 117 Å². The van der Waals surface area contributed by atoms with Crippen LogP contribution >= 0.6 is 0 Å². The molecule has 1 aliphatic rings. The second kappa shape index (κ2) is 5.86. The van der Waals surface area contributed by atoms with Crippen LogP contribution in [0.25, 0.3) is 0 Å². The third-order valence-corrected chi connectivity index (χ3v) is 2.48. The largest absolute Gasteiger partial charge is 0.490 e. The van der Waals surface area contributed by atoms with E-state index in [1.807, 2.05) is 0 Å². The zero-order chi connectivity index (χ0) is 15.5. The quantitative estimate of drug-likeness (QED) is 0.706. The molecule has 0 saturated carbocycles. The number of aliphatic carboxylic acids is 1. The number of aromatic nitrogens is 3. The Morgan fingerprint density at radius 1 is 1.35 bits per heavy atom. The molecular weight excluding hydrogens is 285 g/mol. The zero-order valence-electron chi connectivity index (χ0n) is 10.2. The summed E-state index contributed by atoms with van der Waals surface area (Å²) in [5, 5.41) is 26.3. The predicted octanol–water partition coefficient (Wildman–Crippen LogP) is 0.0623. The van der Waals surface area contributed by atoms with E-state index < -0.39 is 18.1 Å². The first-order valence-electron chi connectivity index (χ1n) is 5.30. The molecule has 8 nitrogen and oxygen atoms in total. The zero-order valence-corrected chi connectivity index (χ0v) is 10.2. The van der Waals surface area contributed by atoms with Crippen LogP contribution in [0.2, 0.25) is 0 Å². The maximum atomic E-state index is 10.6. The minimum atomic E-state index is -5.08. The molecular formula is C9H11F3N4O4. The third kappa shape index (κ3) is 3.66. The van der Waals surface area contributed by atoms with E-state index in [-0.39, 0.29) is 11.7 Å². The van der Waals surface area contributed by atoms with Crippen LogP contribution in [0.3, 0.4) is 0 Å². The standard InChI is InChI=1S/C7H10N4O2.C2HF3O2/c1-4-6(7(12)13)9-10-11(4)5-2-8-3-5;3-2(4,5)1(6)7/h5,8H,2-3H2,1H3,(H,12,13);(H,6,7). The highest BCUT2D eigenvalue weighted by molar-refractivity contribution is 5.86. The second-order valence-electron chi connectivity index (χ2n) is 3.89. The highest BCUT2D eigenvalue weighted by Gasteiger charge is 2.38. The molecule has 20 heavy (non-hydrogen) atoms. The van der Waals surface area contributed by atoms with Gasteiger partial charge in [0.15, 0.2) is 5.69 Å². The lowest BCUT2D eigenvalue weighted by Gasteiger charge is -2.27. The highest BCUT2D eigenvalue weighted by atomic mass is 19.4. The van der Waals surface area contributed by atoms with Crippen molar-refractivity contribution in [1.82, 2.24) is 20.3 Å². The molecule has 1 saturated heterocycles. The molecule has 1 aliphatic heterocycles. The summed E-state index contributed by atoms with van der Waals surface area (Å²) in [6, 6.07) is 0.264. The van der Waals surface area contributed by atoms with Gasteiger partial charge in [-0.15, -0.1) is 5.10 Å². The van der Waals surface area contributed by atoms with E-state index >= 15 is 0 Å². The van der Waals surface area contributed by atoms with Crippen molar-refractivity contribution in [2.75, 3.05) is 13.1 Å². The Labute approximate surface area is 110 Å². The Balaban J connectivity index is 0.000000246. The number of rotatable bonds is 2. The SMILES string of the molecule is Cc1c(C(=O)O)nnn1C1CNC1.O=C(O)C(F)(F)F. The minimum absolute atomic E-state index is 0.0481. The number of hydrogen-bond donors (Lipinski definition) is 3. The van der Waals surface area contributed by atoms with Crippen LogP contribution in [0.5, 0.6) is 0 Å². The van der Waals surface area contributed by atoms with Crippen molar-refractivity contribution in [2.24, 2.45) is 0 Å². The molecule has 1 fully saturated rings. The number of carbonyl (C=O) groups is 2. The first-order chi connectivity index (χ1) is 9.14. The van der Waals surface area contributed by atoms with Gasteiger partial charge in [0.25, 0.3) is 0 Å². The number of nitrogens with zero attached hydrogens (tertiary/aromatic N) is 3. The summed E-state index contributed by atoms with van der Waals surface area (Å²) < 4.78 is 33.4. The molecule has 0 spiro atoms. The van der Waals surface area contributed by atoms with Crippen LogP contribution in [-0.2, 0) is 4.79 Å². The fourth-order valence-electron chi connectivity index (χ4n) is 1.33. The highest BCUT2D eigenvalue weighted by Crippen LogP contribution is 2.14. The number of carboxylic acids is 2. The normalized spacial score (nSPS) is 15.0. The van der Waals surface area contributed by atoms with E-state index in [1.165, 1.54) is 0 Å². The second-order valence-corrected chi connectivity index (χ2v) is 3.89. The summed E-state index contributed by atoms with van der Waals surface area (Å²) in [5.74, 6) is -3.77. The molecule has 0 radical (unpaired) electrons. The van der Waals surface area contributed by atoms with Gasteiger partial charge in [0.2, 0.25) is 0 Å². The van der Waals surface area contributed by atoms with Crippen LogP contribution in [-0.4, -0.2) is 56.4 Å². The monoisotopic (exact) mass is 296 g/mol. The number of nitrogens with one attached hydrogen (secondary N) is 1. The van der Waals surface area contributed by atoms with Crippen LogP contribution in [0.15, 0.2) is 0 Å². The van der Waals surface area contributed by atoms with Crippen molar-refractivity contribution >= 4 is 11.9 Å². The fraction of sp³-hybridized carbons (Fsp3) is 0.556. The van der Waals surface area contributed by atoms with Crippen molar-refractivity contribution in [3.63, 3.8) is 0 Å². The smallest absolute Gasteiger partial charge is 0.476 e. The van der Waals surface area contributed by atoms with Gasteiger partial charge in [0, 0.05) is 13.1 Å². The van der Waals surface area contributed by atoms with Gasteiger partial charge in [-0.2, -0.15) is 13.2 Å². The van der Waals surface area contributed by atoms with Crippen LogP contribution in [0.1, 0.15) is 22.2 Å². The summed E-state index contributed by atoms with van der Waals surface area (Å²) in [6.45, 7) is 3.40. The van der Waals surface area contributed by atoms with Crippen LogP contribution in [0.4, 0.5) is 13.2 Å². The van der Waals surface area contributed by atoms with Crippen molar-refractivity contribution in [1.29, 1.82) is 0 Å². The van der Waals surface area contributed by atoms with Gasteiger partial charge >= 0.3 is 18.1 Å². The van der Waals surface area contributed by atoms with Gasteiger partial charge in [0.05, 0.1) is 11.7 Å². The van der Waals surface area contributed by atoms with E-state index in [4.69, 9.17) is 15.0 Å². The van der Waals surface area contributed by atoms with E-state index in [1.54, 1.807) is 11.6 Å². The van der Waals surface area contributed by atoms with Crippen LogP contribution < -0.4 is 5.32 Å². The maximum absolute atomic E-state index is 10.6. The lowest BCUT2D eigenvalue weighted by molar-refractivity contribution is -0.192. The molecule has 3 N–H and O–H groups in total. The number of hydrogen-bond acceptors (Lipinski definition) is 5. The Morgan fingerprint density at radius 3 is 2.10 bits per heavy atom. The average Bonchev–Trinajstić information content (AvgIpc) is 2.58. The fourth-order valence-corrected chi connectivity index (χ4v) is 1.33. The van der Waals surface area contributed by atoms with Crippen molar-refractivity contribution in [2.45, 2.75) is 19.1 Å². The molecule has 1 aromatic heterocycles. The maximum Gasteiger partial charge on any atom is 0.490 e. The first-order valence-corrected chi connectivity index (χ1v) is 5.30. The Kier molecular flexibility index (Phi) is 4.65. The Morgan fingerprint density at radius 2 is 1.85 bits per heavy atom. The Hall–Kier alpha value is -2.17. The van der Waals surface area contributed by atoms with Crippen molar-refractivity contribution < 1.29 is 33.0 Å². The van der Waals surface area contributed by atoms with E-state index in [9.17, 15) is 18.0 Å². The number of carboxylic acid groups (broad SMARTS) is 2. The van der Waals surface area contributed by atoms with Gasteiger partial charge < -0.3 is 15.5 Å². The Bertz CT molecular complexity index is 510. The van der Waals surface area contributed by atoms with E-state index in [0.717, 1.165) is 13.1 Å². The molecule has 0 aromatic carbocycles. The molecule has 2 heterocycles. The molecule has 1 aromatic rings.